The first-order valence-electron chi connectivity index (χ1n) is 10.2. The standard InChI is InChI=1S/C26H28N2O3/c27-11-9-22-16-24(29)7-5-20(22)3-1-18-13-19(15-26(31)14-18)2-4-21-6-8-25(30)17-23(21)10-12-28/h1-8,13-17,29-31H,9-12,27-28H2/b3-1+,4-2+. The van der Waals surface area contributed by atoms with Gasteiger partial charge in [0.1, 0.15) is 17.2 Å². The van der Waals surface area contributed by atoms with E-state index in [-0.39, 0.29) is 17.2 Å². The maximum atomic E-state index is 10.2. The largest absolute Gasteiger partial charge is 0.508 e. The van der Waals surface area contributed by atoms with Gasteiger partial charge in [0.25, 0.3) is 0 Å². The normalized spacial score (nSPS) is 11.5. The second-order valence-corrected chi connectivity index (χ2v) is 7.37. The van der Waals surface area contributed by atoms with Gasteiger partial charge in [-0.1, -0.05) is 36.4 Å². The van der Waals surface area contributed by atoms with Crippen LogP contribution in [0.25, 0.3) is 24.3 Å². The number of hydrogen-bond donors (Lipinski definition) is 5. The summed E-state index contributed by atoms with van der Waals surface area (Å²) in [4.78, 5) is 0. The molecule has 0 spiro atoms. The first-order valence-corrected chi connectivity index (χ1v) is 10.2. The summed E-state index contributed by atoms with van der Waals surface area (Å²) < 4.78 is 0. The zero-order valence-electron chi connectivity index (χ0n) is 17.3. The van der Waals surface area contributed by atoms with Crippen LogP contribution in [-0.4, -0.2) is 28.4 Å². The zero-order valence-corrected chi connectivity index (χ0v) is 17.3. The molecule has 0 aliphatic carbocycles. The van der Waals surface area contributed by atoms with E-state index in [1.807, 2.05) is 42.5 Å². The third kappa shape index (κ3) is 6.22. The highest BCUT2D eigenvalue weighted by Gasteiger charge is 2.03. The summed E-state index contributed by atoms with van der Waals surface area (Å²) in [6, 6.07) is 15.8. The van der Waals surface area contributed by atoms with Gasteiger partial charge in [-0.2, -0.15) is 0 Å². The molecule has 0 fully saturated rings. The molecule has 0 saturated heterocycles. The average molecular weight is 417 g/mol. The molecule has 0 atom stereocenters. The highest BCUT2D eigenvalue weighted by atomic mass is 16.3. The molecule has 3 aromatic carbocycles. The maximum absolute atomic E-state index is 10.2. The third-order valence-corrected chi connectivity index (χ3v) is 4.95. The topological polar surface area (TPSA) is 113 Å². The highest BCUT2D eigenvalue weighted by Crippen LogP contribution is 2.24. The van der Waals surface area contributed by atoms with Crippen molar-refractivity contribution in [1.29, 1.82) is 0 Å². The van der Waals surface area contributed by atoms with Gasteiger partial charge >= 0.3 is 0 Å². The van der Waals surface area contributed by atoms with Gasteiger partial charge in [0.2, 0.25) is 0 Å². The number of nitrogens with two attached hydrogens (primary N) is 2. The molecule has 5 nitrogen and oxygen atoms in total. The minimum atomic E-state index is 0.169. The summed E-state index contributed by atoms with van der Waals surface area (Å²) in [5.74, 6) is 0.602. The Morgan fingerprint density at radius 3 is 1.42 bits per heavy atom. The Morgan fingerprint density at radius 1 is 0.548 bits per heavy atom. The molecule has 7 N–H and O–H groups in total. The Labute approximate surface area is 182 Å². The monoisotopic (exact) mass is 416 g/mol. The SMILES string of the molecule is NCCc1cc(O)ccc1/C=C/c1cc(O)cc(/C=C/c2ccc(O)cc2CCN)c1. The fourth-order valence-corrected chi connectivity index (χ4v) is 3.48. The molecule has 3 aromatic rings. The Kier molecular flexibility index (Phi) is 7.49. The van der Waals surface area contributed by atoms with Crippen molar-refractivity contribution < 1.29 is 15.3 Å². The molecule has 0 aliphatic heterocycles. The van der Waals surface area contributed by atoms with Crippen molar-refractivity contribution in [2.24, 2.45) is 11.5 Å². The Hall–Kier alpha value is -3.54. The molecule has 0 unspecified atom stereocenters. The van der Waals surface area contributed by atoms with Gasteiger partial charge in [-0.25, -0.2) is 0 Å². The van der Waals surface area contributed by atoms with Crippen LogP contribution in [0.1, 0.15) is 33.4 Å². The van der Waals surface area contributed by atoms with E-state index in [0.717, 1.165) is 33.4 Å². The van der Waals surface area contributed by atoms with Gasteiger partial charge in [0, 0.05) is 0 Å². The summed E-state index contributed by atoms with van der Waals surface area (Å²) in [6.07, 6.45) is 9.07. The molecule has 3 rings (SSSR count). The second-order valence-electron chi connectivity index (χ2n) is 7.37. The molecule has 0 aromatic heterocycles. The Balaban J connectivity index is 1.86. The first kappa shape index (κ1) is 22.2. The van der Waals surface area contributed by atoms with Gasteiger partial charge in [0.15, 0.2) is 0 Å². The zero-order chi connectivity index (χ0) is 22.2. The number of rotatable bonds is 8. The van der Waals surface area contributed by atoms with Gasteiger partial charge < -0.3 is 26.8 Å². The van der Waals surface area contributed by atoms with Gasteiger partial charge in [-0.05, 0) is 102 Å². The van der Waals surface area contributed by atoms with Crippen molar-refractivity contribution in [2.45, 2.75) is 12.8 Å². The van der Waals surface area contributed by atoms with Crippen LogP contribution in [0.3, 0.4) is 0 Å². The first-order chi connectivity index (χ1) is 15.0. The van der Waals surface area contributed by atoms with E-state index in [9.17, 15) is 15.3 Å². The molecule has 0 bridgehead atoms. The lowest BCUT2D eigenvalue weighted by Crippen LogP contribution is -2.03. The minimum Gasteiger partial charge on any atom is -0.508 e. The van der Waals surface area contributed by atoms with Crippen LogP contribution in [0.2, 0.25) is 0 Å². The van der Waals surface area contributed by atoms with E-state index in [2.05, 4.69) is 0 Å². The van der Waals surface area contributed by atoms with Gasteiger partial charge in [-0.15, -0.1) is 0 Å². The third-order valence-electron chi connectivity index (χ3n) is 4.95. The summed E-state index contributed by atoms with van der Waals surface area (Å²) in [6.45, 7) is 0.990. The molecule has 160 valence electrons. The number of phenolic OH excluding ortho intramolecular Hbond substituents is 3. The molecule has 0 heterocycles. The predicted octanol–water partition coefficient (Wildman–Crippen LogP) is 4.15. The second kappa shape index (κ2) is 10.5. The van der Waals surface area contributed by atoms with Gasteiger partial charge in [-0.3, -0.25) is 0 Å². The Morgan fingerprint density at radius 2 is 1.00 bits per heavy atom. The molecule has 5 heteroatoms. The summed E-state index contributed by atoms with van der Waals surface area (Å²) in [5.41, 5.74) is 16.9. The Bertz CT molecular complexity index is 1020. The molecule has 0 saturated carbocycles. The molecule has 31 heavy (non-hydrogen) atoms. The van der Waals surface area contributed by atoms with Crippen molar-refractivity contribution in [3.8, 4) is 17.2 Å². The molecule has 0 radical (unpaired) electrons. The molecule has 0 amide bonds. The fraction of sp³-hybridized carbons (Fsp3) is 0.154. The van der Waals surface area contributed by atoms with Crippen LogP contribution in [0.15, 0.2) is 54.6 Å². The lowest BCUT2D eigenvalue weighted by Gasteiger charge is -2.07. The summed E-state index contributed by atoms with van der Waals surface area (Å²) >= 11 is 0. The van der Waals surface area contributed by atoms with Crippen molar-refractivity contribution in [3.63, 3.8) is 0 Å². The number of phenols is 3. The molecule has 0 aliphatic rings. The van der Waals surface area contributed by atoms with E-state index in [1.165, 1.54) is 0 Å². The summed E-state index contributed by atoms with van der Waals surface area (Å²) in [7, 11) is 0. The number of aromatic hydroxyl groups is 3. The lowest BCUT2D eigenvalue weighted by atomic mass is 10.0. The van der Waals surface area contributed by atoms with E-state index < -0.39 is 0 Å². The van der Waals surface area contributed by atoms with Crippen molar-refractivity contribution >= 4 is 24.3 Å². The van der Waals surface area contributed by atoms with Crippen LogP contribution in [-0.2, 0) is 12.8 Å². The van der Waals surface area contributed by atoms with Crippen molar-refractivity contribution in [1.82, 2.24) is 0 Å². The van der Waals surface area contributed by atoms with E-state index >= 15 is 0 Å². The lowest BCUT2D eigenvalue weighted by molar-refractivity contribution is 0.474. The number of hydrogen-bond acceptors (Lipinski definition) is 5. The van der Waals surface area contributed by atoms with Crippen LogP contribution < -0.4 is 11.5 Å². The minimum absolute atomic E-state index is 0.169. The fourth-order valence-electron chi connectivity index (χ4n) is 3.48. The average Bonchev–Trinajstić information content (AvgIpc) is 2.73. The number of benzene rings is 3. The van der Waals surface area contributed by atoms with E-state index in [0.29, 0.717) is 25.9 Å². The smallest absolute Gasteiger partial charge is 0.116 e. The van der Waals surface area contributed by atoms with E-state index in [4.69, 9.17) is 11.5 Å². The van der Waals surface area contributed by atoms with Crippen LogP contribution in [0.5, 0.6) is 17.2 Å². The quantitative estimate of drug-likeness (QED) is 0.354. The molecular weight excluding hydrogens is 388 g/mol. The van der Waals surface area contributed by atoms with Crippen LogP contribution >= 0.6 is 0 Å². The van der Waals surface area contributed by atoms with E-state index in [1.54, 1.807) is 36.4 Å². The van der Waals surface area contributed by atoms with Gasteiger partial charge in [0.05, 0.1) is 0 Å². The molecular formula is C26H28N2O3. The van der Waals surface area contributed by atoms with Crippen LogP contribution in [0.4, 0.5) is 0 Å². The van der Waals surface area contributed by atoms with Crippen molar-refractivity contribution in [3.05, 3.63) is 88.0 Å². The van der Waals surface area contributed by atoms with Crippen molar-refractivity contribution in [2.75, 3.05) is 13.1 Å². The predicted molar refractivity (Wildman–Crippen MR) is 128 cm³/mol. The maximum Gasteiger partial charge on any atom is 0.116 e. The highest BCUT2D eigenvalue weighted by molar-refractivity contribution is 5.76. The summed E-state index contributed by atoms with van der Waals surface area (Å²) in [5, 5.41) is 29.6. The van der Waals surface area contributed by atoms with Crippen LogP contribution in [0, 0.1) is 0 Å².